The molecule has 0 radical (unpaired) electrons. The zero-order valence-corrected chi connectivity index (χ0v) is 12.8. The van der Waals surface area contributed by atoms with Gasteiger partial charge in [-0.15, -0.1) is 0 Å². The summed E-state index contributed by atoms with van der Waals surface area (Å²) in [5.41, 5.74) is -0.555. The van der Waals surface area contributed by atoms with Crippen LogP contribution in [0.3, 0.4) is 0 Å². The molecule has 0 aromatic carbocycles. The summed E-state index contributed by atoms with van der Waals surface area (Å²) in [4.78, 5) is 14.1. The Morgan fingerprint density at radius 1 is 1.48 bits per heavy atom. The van der Waals surface area contributed by atoms with Gasteiger partial charge in [0.05, 0.1) is 12.1 Å². The maximum absolute atomic E-state index is 11.9. The van der Waals surface area contributed by atoms with E-state index in [0.29, 0.717) is 6.54 Å². The van der Waals surface area contributed by atoms with Crippen molar-refractivity contribution in [2.45, 2.75) is 19.4 Å². The first-order valence-electron chi connectivity index (χ1n) is 7.18. The number of carbonyl (C=O) groups excluding carboxylic acids is 1. The van der Waals surface area contributed by atoms with E-state index in [1.54, 1.807) is 13.8 Å². The van der Waals surface area contributed by atoms with Gasteiger partial charge in [-0.3, -0.25) is 9.69 Å². The highest BCUT2D eigenvalue weighted by Gasteiger charge is 2.16. The summed E-state index contributed by atoms with van der Waals surface area (Å²) in [6, 6.07) is 1.87. The molecule has 118 valence electrons. The van der Waals surface area contributed by atoms with Gasteiger partial charge in [-0.1, -0.05) is 0 Å². The zero-order valence-electron chi connectivity index (χ0n) is 12.8. The summed E-state index contributed by atoms with van der Waals surface area (Å²) in [5.74, 6) is -0.395. The Morgan fingerprint density at radius 3 is 2.71 bits per heavy atom. The average molecular weight is 295 g/mol. The molecule has 1 aliphatic heterocycles. The van der Waals surface area contributed by atoms with Crippen LogP contribution in [-0.2, 0) is 4.79 Å². The number of piperazine rings is 1. The Kier molecular flexibility index (Phi) is 7.15. The Balaban J connectivity index is 2.37. The van der Waals surface area contributed by atoms with E-state index in [2.05, 4.69) is 20.9 Å². The highest BCUT2D eigenvalue weighted by atomic mass is 16.3. The van der Waals surface area contributed by atoms with Gasteiger partial charge in [0.1, 0.15) is 11.6 Å². The minimum Gasteiger partial charge on any atom is -0.394 e. The predicted molar refractivity (Wildman–Crippen MR) is 80.3 cm³/mol. The highest BCUT2D eigenvalue weighted by Crippen LogP contribution is 2.01. The van der Waals surface area contributed by atoms with E-state index in [0.717, 1.165) is 32.7 Å². The van der Waals surface area contributed by atoms with Gasteiger partial charge in [-0.25, -0.2) is 0 Å². The minimum absolute atomic E-state index is 0.0110. The monoisotopic (exact) mass is 295 g/mol. The van der Waals surface area contributed by atoms with Crippen molar-refractivity contribution in [1.82, 2.24) is 20.9 Å². The van der Waals surface area contributed by atoms with Crippen LogP contribution in [0.2, 0.25) is 0 Å². The second-order valence-electron chi connectivity index (χ2n) is 5.70. The molecule has 4 N–H and O–H groups in total. The normalized spacial score (nSPS) is 17.1. The molecule has 0 aromatic rings. The number of rotatable bonds is 7. The van der Waals surface area contributed by atoms with Crippen molar-refractivity contribution in [2.75, 3.05) is 45.9 Å². The van der Waals surface area contributed by atoms with Gasteiger partial charge in [-0.2, -0.15) is 5.26 Å². The van der Waals surface area contributed by atoms with E-state index in [1.807, 2.05) is 6.07 Å². The van der Waals surface area contributed by atoms with E-state index in [1.165, 1.54) is 6.20 Å². The van der Waals surface area contributed by atoms with Crippen LogP contribution in [0.15, 0.2) is 11.8 Å². The van der Waals surface area contributed by atoms with Crippen molar-refractivity contribution < 1.29 is 9.90 Å². The van der Waals surface area contributed by atoms with Crippen LogP contribution in [0.25, 0.3) is 0 Å². The number of nitrogens with one attached hydrogen (secondary N) is 3. The molecule has 0 aliphatic carbocycles. The first-order valence-corrected chi connectivity index (χ1v) is 7.18. The lowest BCUT2D eigenvalue weighted by Crippen LogP contribution is -2.46. The van der Waals surface area contributed by atoms with Crippen LogP contribution in [-0.4, -0.2) is 67.3 Å². The molecule has 0 atom stereocenters. The number of carbonyl (C=O) groups is 1. The maximum Gasteiger partial charge on any atom is 0.263 e. The maximum atomic E-state index is 11.9. The second-order valence-corrected chi connectivity index (χ2v) is 5.70. The van der Waals surface area contributed by atoms with Gasteiger partial charge < -0.3 is 21.1 Å². The van der Waals surface area contributed by atoms with E-state index in [-0.39, 0.29) is 12.2 Å². The number of hydrogen-bond donors (Lipinski definition) is 4. The minimum atomic E-state index is -0.566. The summed E-state index contributed by atoms with van der Waals surface area (Å²) < 4.78 is 0. The van der Waals surface area contributed by atoms with Gasteiger partial charge in [0, 0.05) is 45.5 Å². The van der Waals surface area contributed by atoms with Gasteiger partial charge in [0.15, 0.2) is 0 Å². The first kappa shape index (κ1) is 17.4. The second kappa shape index (κ2) is 8.62. The number of amides is 1. The van der Waals surface area contributed by atoms with Crippen molar-refractivity contribution in [3.63, 3.8) is 0 Å². The molecule has 7 heteroatoms. The molecule has 1 aliphatic rings. The van der Waals surface area contributed by atoms with Gasteiger partial charge in [0.2, 0.25) is 0 Å². The topological polar surface area (TPSA) is 100 Å². The predicted octanol–water partition coefficient (Wildman–Crippen LogP) is -1.22. The fraction of sp³-hybridized carbons (Fsp3) is 0.714. The molecule has 0 bridgehead atoms. The van der Waals surface area contributed by atoms with E-state index in [9.17, 15) is 4.79 Å². The molecule has 0 unspecified atom stereocenters. The van der Waals surface area contributed by atoms with Crippen molar-refractivity contribution in [1.29, 1.82) is 5.26 Å². The summed E-state index contributed by atoms with van der Waals surface area (Å²) >= 11 is 0. The molecule has 1 fully saturated rings. The van der Waals surface area contributed by atoms with Crippen molar-refractivity contribution >= 4 is 5.91 Å². The van der Waals surface area contributed by atoms with Crippen molar-refractivity contribution in [2.24, 2.45) is 0 Å². The Bertz CT molecular complexity index is 408. The lowest BCUT2D eigenvalue weighted by molar-refractivity contribution is -0.117. The number of nitrogens with zero attached hydrogens (tertiary/aromatic N) is 2. The third-order valence-electron chi connectivity index (χ3n) is 3.29. The molecule has 1 heterocycles. The fourth-order valence-corrected chi connectivity index (χ4v) is 1.82. The van der Waals surface area contributed by atoms with Crippen LogP contribution in [0.5, 0.6) is 0 Å². The standard InChI is InChI=1S/C14H25N5O2/c1-14(2,11-20)18-10-12(9-15)13(21)17-5-8-19-6-3-16-4-7-19/h10,16,18,20H,3-8,11H2,1-2H3,(H,17,21)/b12-10-. The average Bonchev–Trinajstić information content (AvgIpc) is 2.49. The molecule has 1 saturated heterocycles. The smallest absolute Gasteiger partial charge is 0.263 e. The number of aliphatic hydroxyl groups excluding tert-OH is 1. The van der Waals surface area contributed by atoms with Gasteiger partial charge in [0.25, 0.3) is 5.91 Å². The molecular weight excluding hydrogens is 270 g/mol. The lowest BCUT2D eigenvalue weighted by Gasteiger charge is -2.27. The van der Waals surface area contributed by atoms with Crippen LogP contribution in [0.1, 0.15) is 13.8 Å². The third kappa shape index (κ3) is 6.58. The SMILES string of the molecule is CC(C)(CO)N/C=C(/C#N)C(=O)NCCN1CCNCC1. The largest absolute Gasteiger partial charge is 0.394 e. The lowest BCUT2D eigenvalue weighted by atomic mass is 10.1. The summed E-state index contributed by atoms with van der Waals surface area (Å²) in [6.07, 6.45) is 1.36. The Morgan fingerprint density at radius 2 is 2.14 bits per heavy atom. The van der Waals surface area contributed by atoms with Crippen molar-refractivity contribution in [3.8, 4) is 6.07 Å². The molecule has 0 spiro atoms. The van der Waals surface area contributed by atoms with Crippen LogP contribution < -0.4 is 16.0 Å². The van der Waals surface area contributed by atoms with Crippen LogP contribution >= 0.6 is 0 Å². The number of aliphatic hydroxyl groups is 1. The third-order valence-corrected chi connectivity index (χ3v) is 3.29. The van der Waals surface area contributed by atoms with Gasteiger partial charge >= 0.3 is 0 Å². The zero-order chi connectivity index (χ0) is 15.7. The van der Waals surface area contributed by atoms with Crippen molar-refractivity contribution in [3.05, 3.63) is 11.8 Å². The molecular formula is C14H25N5O2. The fourth-order valence-electron chi connectivity index (χ4n) is 1.82. The number of nitriles is 1. The number of hydrogen-bond acceptors (Lipinski definition) is 6. The summed E-state index contributed by atoms with van der Waals surface area (Å²) in [6.45, 7) is 8.65. The molecule has 0 saturated carbocycles. The quantitative estimate of drug-likeness (QED) is 0.347. The highest BCUT2D eigenvalue weighted by molar-refractivity contribution is 5.97. The van der Waals surface area contributed by atoms with Crippen LogP contribution in [0.4, 0.5) is 0 Å². The summed E-state index contributed by atoms with van der Waals surface area (Å²) in [5, 5.41) is 27.0. The Hall–Kier alpha value is -1.62. The molecule has 1 rings (SSSR count). The van der Waals surface area contributed by atoms with E-state index in [4.69, 9.17) is 10.4 Å². The van der Waals surface area contributed by atoms with Gasteiger partial charge in [-0.05, 0) is 13.8 Å². The molecule has 7 nitrogen and oxygen atoms in total. The van der Waals surface area contributed by atoms with E-state index < -0.39 is 11.4 Å². The summed E-state index contributed by atoms with van der Waals surface area (Å²) in [7, 11) is 0. The molecule has 1 amide bonds. The van der Waals surface area contributed by atoms with Crippen LogP contribution in [0, 0.1) is 11.3 Å². The first-order chi connectivity index (χ1) is 9.98. The van der Waals surface area contributed by atoms with E-state index >= 15 is 0 Å². The Labute approximate surface area is 126 Å². The molecule has 21 heavy (non-hydrogen) atoms. The molecule has 0 aromatic heterocycles.